The number of alkyl carbamates (subject to hydrolysis) is 1. The van der Waals surface area contributed by atoms with Crippen LogP contribution in [0.5, 0.6) is 0 Å². The fraction of sp³-hybridized carbons (Fsp3) is 0.429. The van der Waals surface area contributed by atoms with E-state index in [2.05, 4.69) is 24.5 Å². The molecule has 0 aliphatic rings. The monoisotopic (exact) mass is 372 g/mol. The summed E-state index contributed by atoms with van der Waals surface area (Å²) in [6.45, 7) is 8.70. The second-order valence-electron chi connectivity index (χ2n) is 7.07. The van der Waals surface area contributed by atoms with Gasteiger partial charge in [-0.05, 0) is 37.8 Å². The lowest BCUT2D eigenvalue weighted by Gasteiger charge is -2.12. The zero-order chi connectivity index (χ0) is 19.8. The summed E-state index contributed by atoms with van der Waals surface area (Å²) < 4.78 is 10.7. The van der Waals surface area contributed by atoms with Gasteiger partial charge in [0.25, 0.3) is 5.91 Å². The van der Waals surface area contributed by atoms with E-state index in [1.165, 1.54) is 6.26 Å². The van der Waals surface area contributed by atoms with Gasteiger partial charge >= 0.3 is 6.09 Å². The van der Waals surface area contributed by atoms with Crippen molar-refractivity contribution < 1.29 is 18.7 Å². The number of amides is 2. The smallest absolute Gasteiger partial charge is 0.407 e. The van der Waals surface area contributed by atoms with Crippen molar-refractivity contribution in [2.45, 2.75) is 46.8 Å². The molecule has 0 atom stereocenters. The summed E-state index contributed by atoms with van der Waals surface area (Å²) in [4.78, 5) is 24.3. The van der Waals surface area contributed by atoms with Gasteiger partial charge < -0.3 is 19.8 Å². The first-order valence-corrected chi connectivity index (χ1v) is 9.27. The van der Waals surface area contributed by atoms with Crippen molar-refractivity contribution in [2.75, 3.05) is 6.54 Å². The Hall–Kier alpha value is -2.76. The minimum Gasteiger partial charge on any atom is -0.463 e. The van der Waals surface area contributed by atoms with Crippen LogP contribution in [0.2, 0.25) is 0 Å². The van der Waals surface area contributed by atoms with Crippen LogP contribution in [0.25, 0.3) is 11.3 Å². The summed E-state index contributed by atoms with van der Waals surface area (Å²) in [5.74, 6) is 0.847. The minimum atomic E-state index is -0.481. The SMILES string of the molecule is CC(C)CCNC(=O)c1ccoc1-c1ccccc1CNC(=O)OC(C)C. The number of carbonyl (C=O) groups excluding carboxylic acids is 2. The molecule has 0 unspecified atom stereocenters. The van der Waals surface area contributed by atoms with Crippen LogP contribution in [0.4, 0.5) is 4.79 Å². The van der Waals surface area contributed by atoms with Gasteiger partial charge in [0.05, 0.1) is 17.9 Å². The van der Waals surface area contributed by atoms with E-state index in [4.69, 9.17) is 9.15 Å². The third-order valence-corrected chi connectivity index (χ3v) is 3.95. The molecule has 146 valence electrons. The third-order valence-electron chi connectivity index (χ3n) is 3.95. The number of ether oxygens (including phenoxy) is 1. The van der Waals surface area contributed by atoms with Crippen molar-refractivity contribution in [1.82, 2.24) is 10.6 Å². The topological polar surface area (TPSA) is 80.6 Å². The molecule has 1 heterocycles. The maximum atomic E-state index is 12.5. The highest BCUT2D eigenvalue weighted by molar-refractivity contribution is 5.99. The van der Waals surface area contributed by atoms with Gasteiger partial charge in [0.2, 0.25) is 0 Å². The second-order valence-corrected chi connectivity index (χ2v) is 7.07. The highest BCUT2D eigenvalue weighted by Crippen LogP contribution is 2.28. The predicted molar refractivity (Wildman–Crippen MR) is 104 cm³/mol. The largest absolute Gasteiger partial charge is 0.463 e. The number of hydrogen-bond acceptors (Lipinski definition) is 4. The maximum absolute atomic E-state index is 12.5. The van der Waals surface area contributed by atoms with Gasteiger partial charge in [-0.2, -0.15) is 0 Å². The maximum Gasteiger partial charge on any atom is 0.407 e. The average Bonchev–Trinajstić information content (AvgIpc) is 3.09. The quantitative estimate of drug-likeness (QED) is 0.721. The molecule has 0 radical (unpaired) electrons. The Morgan fingerprint density at radius 1 is 1.07 bits per heavy atom. The Morgan fingerprint density at radius 3 is 2.52 bits per heavy atom. The van der Waals surface area contributed by atoms with Crippen LogP contribution in [-0.2, 0) is 11.3 Å². The Labute approximate surface area is 160 Å². The van der Waals surface area contributed by atoms with E-state index < -0.39 is 6.09 Å². The third kappa shape index (κ3) is 6.16. The van der Waals surface area contributed by atoms with Gasteiger partial charge in [-0.15, -0.1) is 0 Å². The summed E-state index contributed by atoms with van der Waals surface area (Å²) in [6, 6.07) is 9.16. The number of rotatable bonds is 8. The normalized spacial score (nSPS) is 10.9. The first-order valence-electron chi connectivity index (χ1n) is 9.27. The van der Waals surface area contributed by atoms with Crippen molar-refractivity contribution >= 4 is 12.0 Å². The minimum absolute atomic E-state index is 0.165. The number of carbonyl (C=O) groups is 2. The summed E-state index contributed by atoms with van der Waals surface area (Å²) in [7, 11) is 0. The molecular formula is C21H28N2O4. The van der Waals surface area contributed by atoms with Crippen molar-refractivity contribution in [2.24, 2.45) is 5.92 Å². The Bertz CT molecular complexity index is 765. The predicted octanol–water partition coefficient (Wildman–Crippen LogP) is 4.36. The first-order chi connectivity index (χ1) is 12.9. The fourth-order valence-corrected chi connectivity index (χ4v) is 2.59. The average molecular weight is 372 g/mol. The highest BCUT2D eigenvalue weighted by atomic mass is 16.6. The molecule has 2 N–H and O–H groups in total. The molecule has 0 saturated carbocycles. The highest BCUT2D eigenvalue weighted by Gasteiger charge is 2.18. The lowest BCUT2D eigenvalue weighted by Crippen LogP contribution is -2.27. The Balaban J connectivity index is 2.14. The standard InChI is InChI=1S/C21H28N2O4/c1-14(2)9-11-22-20(24)18-10-12-26-19(18)17-8-6-5-7-16(17)13-23-21(25)27-15(3)4/h5-8,10,12,14-15H,9,11,13H2,1-4H3,(H,22,24)(H,23,25). The molecule has 27 heavy (non-hydrogen) atoms. The molecule has 2 aromatic rings. The van der Waals surface area contributed by atoms with Crippen molar-refractivity contribution in [3.05, 3.63) is 47.7 Å². The molecule has 0 aliphatic heterocycles. The summed E-state index contributed by atoms with van der Waals surface area (Å²) in [5.41, 5.74) is 2.08. The lowest BCUT2D eigenvalue weighted by molar-refractivity contribution is 0.0951. The fourth-order valence-electron chi connectivity index (χ4n) is 2.59. The second kappa shape index (κ2) is 9.80. The van der Waals surface area contributed by atoms with Gasteiger partial charge in [-0.1, -0.05) is 38.1 Å². The van der Waals surface area contributed by atoms with Gasteiger partial charge in [0, 0.05) is 18.7 Å². The van der Waals surface area contributed by atoms with Crippen molar-refractivity contribution in [3.63, 3.8) is 0 Å². The molecule has 0 fully saturated rings. The van der Waals surface area contributed by atoms with Gasteiger partial charge in [-0.3, -0.25) is 4.79 Å². The van der Waals surface area contributed by atoms with E-state index in [1.54, 1.807) is 19.9 Å². The zero-order valence-electron chi connectivity index (χ0n) is 16.4. The van der Waals surface area contributed by atoms with Crippen molar-refractivity contribution in [3.8, 4) is 11.3 Å². The number of hydrogen-bond donors (Lipinski definition) is 2. The molecular weight excluding hydrogens is 344 g/mol. The van der Waals surface area contributed by atoms with Crippen LogP contribution in [0.15, 0.2) is 41.0 Å². The number of furan rings is 1. The molecule has 0 saturated heterocycles. The summed E-state index contributed by atoms with van der Waals surface area (Å²) >= 11 is 0. The van der Waals surface area contributed by atoms with E-state index in [9.17, 15) is 9.59 Å². The molecule has 0 bridgehead atoms. The van der Waals surface area contributed by atoms with Crippen LogP contribution in [0.3, 0.4) is 0 Å². The van der Waals surface area contributed by atoms with E-state index in [0.717, 1.165) is 17.5 Å². The molecule has 6 nitrogen and oxygen atoms in total. The number of benzene rings is 1. The molecule has 1 aromatic carbocycles. The van der Waals surface area contributed by atoms with Crippen LogP contribution in [0, 0.1) is 5.92 Å². The Morgan fingerprint density at radius 2 is 1.81 bits per heavy atom. The zero-order valence-corrected chi connectivity index (χ0v) is 16.4. The molecule has 2 amide bonds. The molecule has 2 rings (SSSR count). The van der Waals surface area contributed by atoms with Gasteiger partial charge in [0.15, 0.2) is 0 Å². The molecule has 0 spiro atoms. The van der Waals surface area contributed by atoms with E-state index in [0.29, 0.717) is 23.8 Å². The van der Waals surface area contributed by atoms with E-state index >= 15 is 0 Å². The summed E-state index contributed by atoms with van der Waals surface area (Å²) in [5, 5.41) is 5.65. The molecule has 0 aliphatic carbocycles. The van der Waals surface area contributed by atoms with Crippen molar-refractivity contribution in [1.29, 1.82) is 0 Å². The number of nitrogens with one attached hydrogen (secondary N) is 2. The first kappa shape index (κ1) is 20.6. The van der Waals surface area contributed by atoms with E-state index in [-0.39, 0.29) is 18.6 Å². The van der Waals surface area contributed by atoms with E-state index in [1.807, 2.05) is 24.3 Å². The molecule has 1 aromatic heterocycles. The van der Waals surface area contributed by atoms with Crippen LogP contribution >= 0.6 is 0 Å². The van der Waals surface area contributed by atoms with Crippen LogP contribution < -0.4 is 10.6 Å². The Kier molecular flexibility index (Phi) is 7.46. The summed E-state index contributed by atoms with van der Waals surface area (Å²) in [6.07, 6.45) is 1.75. The van der Waals surface area contributed by atoms with Crippen LogP contribution in [0.1, 0.15) is 50.0 Å². The van der Waals surface area contributed by atoms with Gasteiger partial charge in [0.1, 0.15) is 5.76 Å². The van der Waals surface area contributed by atoms with Gasteiger partial charge in [-0.25, -0.2) is 4.79 Å². The van der Waals surface area contributed by atoms with Crippen LogP contribution in [-0.4, -0.2) is 24.6 Å². The molecule has 6 heteroatoms. The lowest BCUT2D eigenvalue weighted by atomic mass is 10.0.